The lowest BCUT2D eigenvalue weighted by atomic mass is 9.99. The molecule has 0 spiro atoms. The number of benzene rings is 1. The topological polar surface area (TPSA) is 132 Å². The molecular formula is C23H23F3N4O6. The van der Waals surface area contributed by atoms with Gasteiger partial charge in [0.05, 0.1) is 11.4 Å². The Morgan fingerprint density at radius 3 is 2.25 bits per heavy atom. The number of methoxy groups -OCH3 is 1. The first-order chi connectivity index (χ1) is 16.9. The van der Waals surface area contributed by atoms with E-state index in [4.69, 9.17) is 4.74 Å². The first-order valence-corrected chi connectivity index (χ1v) is 10.7. The lowest BCUT2D eigenvalue weighted by Crippen LogP contribution is -2.50. The number of halogens is 3. The molecule has 0 fully saturated rings. The Balaban J connectivity index is 1.97. The number of nitrogens with one attached hydrogen (secondary N) is 2. The summed E-state index contributed by atoms with van der Waals surface area (Å²) in [6, 6.07) is 7.77. The van der Waals surface area contributed by atoms with Gasteiger partial charge in [-0.1, -0.05) is 44.2 Å². The monoisotopic (exact) mass is 508 g/mol. The van der Waals surface area contributed by atoms with Gasteiger partial charge in [0.2, 0.25) is 5.91 Å². The van der Waals surface area contributed by atoms with Crippen LogP contribution in [0.25, 0.3) is 10.9 Å². The third-order valence-electron chi connectivity index (χ3n) is 5.47. The molecule has 0 radical (unpaired) electrons. The highest BCUT2D eigenvalue weighted by Gasteiger charge is 2.45. The molecule has 2 unspecified atom stereocenters. The predicted molar refractivity (Wildman–Crippen MR) is 123 cm³/mol. The number of H-pyrrole nitrogens is 1. The molecule has 0 aliphatic rings. The lowest BCUT2D eigenvalue weighted by Gasteiger charge is -2.22. The molecule has 0 aliphatic heterocycles. The SMILES string of the molecule is COC(c1ccccc1)n1c(=O)[nH]c2c(=O)n(CC(=O)NC(C(=O)C(F)(F)F)C(C)C)ccc2c1=O. The molecule has 0 aliphatic carbocycles. The van der Waals surface area contributed by atoms with Gasteiger partial charge in [-0.3, -0.25) is 19.2 Å². The van der Waals surface area contributed by atoms with E-state index in [2.05, 4.69) is 4.98 Å². The number of hydrogen-bond acceptors (Lipinski definition) is 6. The molecule has 2 aromatic heterocycles. The molecule has 0 saturated heterocycles. The number of nitrogens with zero attached hydrogens (tertiary/aromatic N) is 2. The zero-order chi connectivity index (χ0) is 26.8. The fraction of sp³-hybridized carbons (Fsp3) is 0.348. The smallest absolute Gasteiger partial charge is 0.357 e. The predicted octanol–water partition coefficient (Wildman–Crippen LogP) is 1.32. The normalized spacial score (nSPS) is 13.5. The molecule has 1 amide bonds. The van der Waals surface area contributed by atoms with Crippen molar-refractivity contribution in [3.8, 4) is 0 Å². The number of hydrogen-bond donors (Lipinski definition) is 2. The summed E-state index contributed by atoms with van der Waals surface area (Å²) in [5.41, 5.74) is -2.59. The molecule has 3 rings (SSSR count). The van der Waals surface area contributed by atoms with E-state index < -0.39 is 64.9 Å². The number of aromatic nitrogens is 3. The number of carbonyl (C=O) groups excluding carboxylic acids is 2. The van der Waals surface area contributed by atoms with Gasteiger partial charge in [0.15, 0.2) is 6.23 Å². The van der Waals surface area contributed by atoms with Crippen LogP contribution in [-0.4, -0.2) is 45.1 Å². The Morgan fingerprint density at radius 1 is 1.06 bits per heavy atom. The van der Waals surface area contributed by atoms with Crippen LogP contribution < -0.4 is 22.1 Å². The maximum atomic E-state index is 13.1. The number of pyridine rings is 1. The number of aromatic amines is 1. The highest BCUT2D eigenvalue weighted by atomic mass is 19.4. The fourth-order valence-electron chi connectivity index (χ4n) is 3.69. The van der Waals surface area contributed by atoms with Crippen LogP contribution in [0.5, 0.6) is 0 Å². The Bertz CT molecular complexity index is 1460. The molecule has 2 atom stereocenters. The second-order valence-electron chi connectivity index (χ2n) is 8.29. The number of carbonyl (C=O) groups is 2. The summed E-state index contributed by atoms with van der Waals surface area (Å²) in [5.74, 6) is -4.02. The summed E-state index contributed by atoms with van der Waals surface area (Å²) in [7, 11) is 1.30. The Labute approximate surface area is 201 Å². The average molecular weight is 508 g/mol. The molecule has 0 saturated carbocycles. The highest BCUT2D eigenvalue weighted by molar-refractivity contribution is 5.93. The lowest BCUT2D eigenvalue weighted by molar-refractivity contribution is -0.174. The highest BCUT2D eigenvalue weighted by Crippen LogP contribution is 2.21. The van der Waals surface area contributed by atoms with Gasteiger partial charge >= 0.3 is 11.9 Å². The van der Waals surface area contributed by atoms with Crippen molar-refractivity contribution in [2.45, 2.75) is 38.8 Å². The fourth-order valence-corrected chi connectivity index (χ4v) is 3.69. The van der Waals surface area contributed by atoms with Crippen molar-refractivity contribution in [1.29, 1.82) is 0 Å². The van der Waals surface area contributed by atoms with Crippen LogP contribution in [0, 0.1) is 5.92 Å². The summed E-state index contributed by atoms with van der Waals surface area (Å²) in [6.45, 7) is 1.91. The van der Waals surface area contributed by atoms with E-state index in [-0.39, 0.29) is 5.39 Å². The number of rotatable bonds is 8. The standard InChI is InChI=1S/C23H23F3N4O6/c1-12(2)16(18(32)23(24,25)26)27-15(31)11-29-10-9-14-17(20(29)34)28-22(35)30(19(14)33)21(36-3)13-7-5-4-6-8-13/h4-10,12,16,21H,11H2,1-3H3,(H,27,31)(H,28,35). The molecule has 0 bridgehead atoms. The van der Waals surface area contributed by atoms with E-state index >= 15 is 0 Å². The molecule has 10 nitrogen and oxygen atoms in total. The number of ether oxygens (including phenoxy) is 1. The number of Topliss-reactive ketones (excluding diaryl/α,β-unsaturated/α-hetero) is 1. The number of ketones is 1. The van der Waals surface area contributed by atoms with Crippen molar-refractivity contribution in [2.24, 2.45) is 5.92 Å². The first-order valence-electron chi connectivity index (χ1n) is 10.7. The van der Waals surface area contributed by atoms with Crippen molar-refractivity contribution in [3.63, 3.8) is 0 Å². The van der Waals surface area contributed by atoms with Gasteiger partial charge in [0, 0.05) is 18.9 Å². The van der Waals surface area contributed by atoms with E-state index in [0.717, 1.165) is 15.3 Å². The third-order valence-corrected chi connectivity index (χ3v) is 5.47. The minimum Gasteiger partial charge on any atom is -0.357 e. The summed E-state index contributed by atoms with van der Waals surface area (Å²) < 4.78 is 45.5. The largest absolute Gasteiger partial charge is 0.452 e. The quantitative estimate of drug-likeness (QED) is 0.472. The van der Waals surface area contributed by atoms with E-state index in [9.17, 15) is 37.1 Å². The van der Waals surface area contributed by atoms with Gasteiger partial charge in [-0.05, 0) is 12.0 Å². The molecule has 2 heterocycles. The number of alkyl halides is 3. The van der Waals surface area contributed by atoms with Gasteiger partial charge < -0.3 is 19.6 Å². The van der Waals surface area contributed by atoms with Crippen LogP contribution in [0.4, 0.5) is 13.2 Å². The summed E-state index contributed by atoms with van der Waals surface area (Å²) in [6.07, 6.45) is -5.14. The second kappa shape index (κ2) is 10.3. The summed E-state index contributed by atoms with van der Waals surface area (Å²) in [5, 5.41) is 1.83. The minimum absolute atomic E-state index is 0.165. The van der Waals surface area contributed by atoms with Gasteiger partial charge in [0.1, 0.15) is 12.1 Å². The van der Waals surface area contributed by atoms with E-state index in [0.29, 0.717) is 5.56 Å². The van der Waals surface area contributed by atoms with Crippen molar-refractivity contribution in [2.75, 3.05) is 7.11 Å². The van der Waals surface area contributed by atoms with Gasteiger partial charge in [-0.25, -0.2) is 9.36 Å². The first kappa shape index (κ1) is 26.6. The van der Waals surface area contributed by atoms with Crippen molar-refractivity contribution in [3.05, 3.63) is 79.4 Å². The van der Waals surface area contributed by atoms with E-state index in [1.54, 1.807) is 30.3 Å². The number of fused-ring (bicyclic) bond motifs is 1. The van der Waals surface area contributed by atoms with Gasteiger partial charge in [0.25, 0.3) is 16.9 Å². The molecule has 2 N–H and O–H groups in total. The minimum atomic E-state index is -5.15. The van der Waals surface area contributed by atoms with Crippen LogP contribution in [-0.2, 0) is 20.9 Å². The maximum absolute atomic E-state index is 13.1. The van der Waals surface area contributed by atoms with Crippen LogP contribution in [0.3, 0.4) is 0 Å². The van der Waals surface area contributed by atoms with Crippen molar-refractivity contribution >= 4 is 22.6 Å². The van der Waals surface area contributed by atoms with Gasteiger partial charge in [-0.2, -0.15) is 13.2 Å². The zero-order valence-electron chi connectivity index (χ0n) is 19.5. The Kier molecular flexibility index (Phi) is 7.62. The number of amides is 1. The molecule has 3 aromatic rings. The molecule has 36 heavy (non-hydrogen) atoms. The van der Waals surface area contributed by atoms with Crippen LogP contribution in [0.15, 0.2) is 57.0 Å². The van der Waals surface area contributed by atoms with Crippen molar-refractivity contribution in [1.82, 2.24) is 19.4 Å². The van der Waals surface area contributed by atoms with E-state index in [1.807, 2.05) is 5.32 Å². The molecule has 13 heteroatoms. The Morgan fingerprint density at radius 2 is 1.69 bits per heavy atom. The molecule has 1 aromatic carbocycles. The molecular weight excluding hydrogens is 485 g/mol. The van der Waals surface area contributed by atoms with Crippen molar-refractivity contribution < 1.29 is 27.5 Å². The third kappa shape index (κ3) is 5.30. The van der Waals surface area contributed by atoms with E-state index in [1.165, 1.54) is 27.0 Å². The summed E-state index contributed by atoms with van der Waals surface area (Å²) in [4.78, 5) is 65.1. The second-order valence-corrected chi connectivity index (χ2v) is 8.29. The van der Waals surface area contributed by atoms with Crippen LogP contribution >= 0.6 is 0 Å². The van der Waals surface area contributed by atoms with Gasteiger partial charge in [-0.15, -0.1) is 0 Å². The van der Waals surface area contributed by atoms with Crippen LogP contribution in [0.2, 0.25) is 0 Å². The molecule has 192 valence electrons. The summed E-state index contributed by atoms with van der Waals surface area (Å²) >= 11 is 0. The zero-order valence-corrected chi connectivity index (χ0v) is 19.5. The average Bonchev–Trinajstić information content (AvgIpc) is 2.81. The maximum Gasteiger partial charge on any atom is 0.452 e. The van der Waals surface area contributed by atoms with Crippen LogP contribution in [0.1, 0.15) is 25.6 Å². The Hall–Kier alpha value is -4.00.